The summed E-state index contributed by atoms with van der Waals surface area (Å²) in [5, 5.41) is 10.3. The van der Waals surface area contributed by atoms with E-state index >= 15 is 0 Å². The molecule has 3 nitrogen and oxygen atoms in total. The standard InChI is InChI=1S/C10H12ClNO2/c11-7-1-2-9-6(3-4-14-9)10(7)8(13)5-12/h1-2,8,13H,3-5,12H2. The van der Waals surface area contributed by atoms with Gasteiger partial charge in [0, 0.05) is 29.1 Å². The Balaban J connectivity index is 2.51. The van der Waals surface area contributed by atoms with Crippen LogP contribution in [0.25, 0.3) is 0 Å². The van der Waals surface area contributed by atoms with Crippen molar-refractivity contribution >= 4 is 11.6 Å². The highest BCUT2D eigenvalue weighted by atomic mass is 35.5. The van der Waals surface area contributed by atoms with Crippen LogP contribution in [0.5, 0.6) is 5.75 Å². The summed E-state index contributed by atoms with van der Waals surface area (Å²) in [5.74, 6) is 0.817. The average Bonchev–Trinajstić information content (AvgIpc) is 2.64. The van der Waals surface area contributed by atoms with Crippen molar-refractivity contribution in [1.29, 1.82) is 0 Å². The summed E-state index contributed by atoms with van der Waals surface area (Å²) in [6.07, 6.45) is 0.0987. The molecule has 0 spiro atoms. The number of aliphatic hydroxyl groups excluding tert-OH is 1. The maximum Gasteiger partial charge on any atom is 0.123 e. The molecule has 3 N–H and O–H groups in total. The van der Waals surface area contributed by atoms with Gasteiger partial charge in [-0.25, -0.2) is 0 Å². The van der Waals surface area contributed by atoms with Crippen LogP contribution < -0.4 is 10.5 Å². The number of halogens is 1. The predicted molar refractivity (Wildman–Crippen MR) is 54.7 cm³/mol. The third-order valence-corrected chi connectivity index (χ3v) is 2.76. The van der Waals surface area contributed by atoms with Gasteiger partial charge in [-0.1, -0.05) is 11.6 Å². The van der Waals surface area contributed by atoms with Gasteiger partial charge in [0.15, 0.2) is 0 Å². The molecule has 1 aliphatic heterocycles. The highest BCUT2D eigenvalue weighted by molar-refractivity contribution is 6.31. The van der Waals surface area contributed by atoms with Gasteiger partial charge in [-0.15, -0.1) is 0 Å². The summed E-state index contributed by atoms with van der Waals surface area (Å²) in [6.45, 7) is 0.830. The van der Waals surface area contributed by atoms with Gasteiger partial charge >= 0.3 is 0 Å². The maximum absolute atomic E-state index is 9.71. The van der Waals surface area contributed by atoms with Gasteiger partial charge in [-0.2, -0.15) is 0 Å². The summed E-state index contributed by atoms with van der Waals surface area (Å²) in [7, 11) is 0. The SMILES string of the molecule is NCC(O)c1c(Cl)ccc2c1CCO2. The lowest BCUT2D eigenvalue weighted by molar-refractivity contribution is 0.186. The molecule has 1 heterocycles. The number of rotatable bonds is 2. The summed E-state index contributed by atoms with van der Waals surface area (Å²) < 4.78 is 5.38. The molecule has 4 heteroatoms. The van der Waals surface area contributed by atoms with E-state index in [-0.39, 0.29) is 6.54 Å². The zero-order valence-electron chi connectivity index (χ0n) is 7.66. The smallest absolute Gasteiger partial charge is 0.123 e. The van der Waals surface area contributed by atoms with Gasteiger partial charge in [0.1, 0.15) is 5.75 Å². The second kappa shape index (κ2) is 3.77. The molecule has 1 aromatic rings. The van der Waals surface area contributed by atoms with Gasteiger partial charge in [-0.05, 0) is 12.1 Å². The molecule has 0 fully saturated rings. The Morgan fingerprint density at radius 2 is 2.36 bits per heavy atom. The highest BCUT2D eigenvalue weighted by Gasteiger charge is 2.22. The second-order valence-electron chi connectivity index (χ2n) is 3.29. The lowest BCUT2D eigenvalue weighted by atomic mass is 10.0. The van der Waals surface area contributed by atoms with Crippen LogP contribution in [0, 0.1) is 0 Å². The molecule has 0 saturated carbocycles. The van der Waals surface area contributed by atoms with Crippen LogP contribution in [0.3, 0.4) is 0 Å². The van der Waals surface area contributed by atoms with Gasteiger partial charge < -0.3 is 15.6 Å². The van der Waals surface area contributed by atoms with Crippen LogP contribution in [-0.4, -0.2) is 18.3 Å². The van der Waals surface area contributed by atoms with E-state index in [0.29, 0.717) is 11.6 Å². The molecule has 14 heavy (non-hydrogen) atoms. The summed E-state index contributed by atoms with van der Waals surface area (Å²) >= 11 is 6.01. The second-order valence-corrected chi connectivity index (χ2v) is 3.69. The Morgan fingerprint density at radius 3 is 3.07 bits per heavy atom. The van der Waals surface area contributed by atoms with E-state index in [9.17, 15) is 5.11 Å². The maximum atomic E-state index is 9.71. The molecule has 1 aromatic carbocycles. The minimum Gasteiger partial charge on any atom is -0.493 e. The van der Waals surface area contributed by atoms with Crippen molar-refractivity contribution in [1.82, 2.24) is 0 Å². The summed E-state index contributed by atoms with van der Waals surface area (Å²) in [4.78, 5) is 0. The van der Waals surface area contributed by atoms with Gasteiger partial charge in [0.05, 0.1) is 12.7 Å². The molecular formula is C10H12ClNO2. The van der Waals surface area contributed by atoms with E-state index in [1.807, 2.05) is 6.07 Å². The molecule has 76 valence electrons. The fourth-order valence-corrected chi connectivity index (χ4v) is 2.05. The first kappa shape index (κ1) is 9.77. The Morgan fingerprint density at radius 1 is 1.57 bits per heavy atom. The number of benzene rings is 1. The van der Waals surface area contributed by atoms with E-state index in [2.05, 4.69) is 0 Å². The molecule has 0 amide bonds. The van der Waals surface area contributed by atoms with E-state index in [1.165, 1.54) is 0 Å². The van der Waals surface area contributed by atoms with E-state index < -0.39 is 6.10 Å². The van der Waals surface area contributed by atoms with Crippen molar-refractivity contribution in [2.45, 2.75) is 12.5 Å². The quantitative estimate of drug-likeness (QED) is 0.778. The number of nitrogens with two attached hydrogens (primary N) is 1. The van der Waals surface area contributed by atoms with Crippen LogP contribution in [0.15, 0.2) is 12.1 Å². The molecule has 0 saturated heterocycles. The summed E-state index contributed by atoms with van der Waals surface area (Å²) in [5.41, 5.74) is 7.14. The van der Waals surface area contributed by atoms with E-state index in [4.69, 9.17) is 22.1 Å². The lowest BCUT2D eigenvalue weighted by Crippen LogP contribution is -2.13. The topological polar surface area (TPSA) is 55.5 Å². The van der Waals surface area contributed by atoms with Crippen LogP contribution in [0.1, 0.15) is 17.2 Å². The molecule has 0 aliphatic carbocycles. The van der Waals surface area contributed by atoms with Gasteiger partial charge in [0.25, 0.3) is 0 Å². The Bertz CT molecular complexity index is 354. The highest BCUT2D eigenvalue weighted by Crippen LogP contribution is 2.36. The van der Waals surface area contributed by atoms with Crippen LogP contribution in [0.2, 0.25) is 5.02 Å². The zero-order chi connectivity index (χ0) is 10.1. The third-order valence-electron chi connectivity index (χ3n) is 2.43. The van der Waals surface area contributed by atoms with Crippen molar-refractivity contribution in [2.75, 3.05) is 13.2 Å². The monoisotopic (exact) mass is 213 g/mol. The molecule has 1 unspecified atom stereocenters. The zero-order valence-corrected chi connectivity index (χ0v) is 8.42. The van der Waals surface area contributed by atoms with Crippen molar-refractivity contribution in [3.63, 3.8) is 0 Å². The molecule has 0 bridgehead atoms. The summed E-state index contributed by atoms with van der Waals surface area (Å²) in [6, 6.07) is 3.57. The molecule has 1 atom stereocenters. The minimum absolute atomic E-state index is 0.177. The van der Waals surface area contributed by atoms with Gasteiger partial charge in [0.2, 0.25) is 0 Å². The van der Waals surface area contributed by atoms with E-state index in [0.717, 1.165) is 23.3 Å². The number of hydrogen-bond donors (Lipinski definition) is 2. The van der Waals surface area contributed by atoms with Crippen molar-refractivity contribution < 1.29 is 9.84 Å². The average molecular weight is 214 g/mol. The first-order valence-corrected chi connectivity index (χ1v) is 4.94. The van der Waals surface area contributed by atoms with Crippen molar-refractivity contribution in [3.8, 4) is 5.75 Å². The van der Waals surface area contributed by atoms with Gasteiger partial charge in [-0.3, -0.25) is 0 Å². The number of ether oxygens (including phenoxy) is 1. The largest absolute Gasteiger partial charge is 0.493 e. The first-order valence-electron chi connectivity index (χ1n) is 4.56. The normalized spacial score (nSPS) is 16.2. The molecule has 0 radical (unpaired) electrons. The molecule has 0 aromatic heterocycles. The predicted octanol–water partition coefficient (Wildman–Crippen LogP) is 1.27. The fraction of sp³-hybridized carbons (Fsp3) is 0.400. The Kier molecular flexibility index (Phi) is 2.63. The molecular weight excluding hydrogens is 202 g/mol. The van der Waals surface area contributed by atoms with Crippen molar-refractivity contribution in [2.24, 2.45) is 5.73 Å². The Labute approximate surface area is 87.4 Å². The molecule has 1 aliphatic rings. The fourth-order valence-electron chi connectivity index (χ4n) is 1.75. The number of fused-ring (bicyclic) bond motifs is 1. The minimum atomic E-state index is -0.695. The van der Waals surface area contributed by atoms with E-state index in [1.54, 1.807) is 6.07 Å². The number of hydrogen-bond acceptors (Lipinski definition) is 3. The third kappa shape index (κ3) is 1.47. The lowest BCUT2D eigenvalue weighted by Gasteiger charge is -2.13. The number of aliphatic hydroxyl groups is 1. The first-order chi connectivity index (χ1) is 6.74. The van der Waals surface area contributed by atoms with Crippen LogP contribution in [-0.2, 0) is 6.42 Å². The van der Waals surface area contributed by atoms with Crippen LogP contribution in [0.4, 0.5) is 0 Å². The molecule has 2 rings (SSSR count). The Hall–Kier alpha value is -0.770. The van der Waals surface area contributed by atoms with Crippen molar-refractivity contribution in [3.05, 3.63) is 28.3 Å². The van der Waals surface area contributed by atoms with Crippen LogP contribution >= 0.6 is 11.6 Å².